The van der Waals surface area contributed by atoms with Crippen LogP contribution in [0, 0.1) is 6.92 Å². The Balaban J connectivity index is 2.12. The molecule has 0 amide bonds. The van der Waals surface area contributed by atoms with Crippen molar-refractivity contribution in [2.45, 2.75) is 13.5 Å². The third-order valence-electron chi connectivity index (χ3n) is 2.92. The van der Waals surface area contributed by atoms with Gasteiger partial charge in [-0.2, -0.15) is 0 Å². The summed E-state index contributed by atoms with van der Waals surface area (Å²) in [5.74, 6) is -0.916. The van der Waals surface area contributed by atoms with Gasteiger partial charge in [0.05, 0.1) is 5.56 Å². The molecule has 0 atom stereocenters. The van der Waals surface area contributed by atoms with Gasteiger partial charge in [-0.3, -0.25) is 0 Å². The molecule has 0 saturated carbocycles. The molecule has 0 fully saturated rings. The van der Waals surface area contributed by atoms with E-state index in [-0.39, 0.29) is 0 Å². The fourth-order valence-corrected chi connectivity index (χ4v) is 1.99. The average Bonchev–Trinajstić information content (AvgIpc) is 2.41. The molecule has 0 spiro atoms. The van der Waals surface area contributed by atoms with Crippen LogP contribution in [0.25, 0.3) is 0 Å². The van der Waals surface area contributed by atoms with Crippen molar-refractivity contribution in [3.63, 3.8) is 0 Å². The summed E-state index contributed by atoms with van der Waals surface area (Å²) in [4.78, 5) is 10.9. The fraction of sp³-hybridized carbons (Fsp3) is 0.133. The standard InChI is InChI=1S/C15H14ClNO2/c1-10-13(16)6-3-7-14(10)17-9-11-4-2-5-12(8-11)15(18)19/h2-8,17H,9H2,1H3,(H,18,19). The van der Waals surface area contributed by atoms with Gasteiger partial charge in [0.15, 0.2) is 0 Å². The van der Waals surface area contributed by atoms with E-state index in [0.717, 1.165) is 16.8 Å². The third kappa shape index (κ3) is 3.26. The van der Waals surface area contributed by atoms with Crippen LogP contribution in [0.1, 0.15) is 21.5 Å². The van der Waals surface area contributed by atoms with E-state index in [1.165, 1.54) is 0 Å². The van der Waals surface area contributed by atoms with Crippen LogP contribution < -0.4 is 5.32 Å². The lowest BCUT2D eigenvalue weighted by Gasteiger charge is -2.11. The van der Waals surface area contributed by atoms with Gasteiger partial charge < -0.3 is 10.4 Å². The predicted octanol–water partition coefficient (Wildman–Crippen LogP) is 3.96. The quantitative estimate of drug-likeness (QED) is 0.888. The summed E-state index contributed by atoms with van der Waals surface area (Å²) in [6, 6.07) is 12.5. The Bertz CT molecular complexity index is 611. The Hall–Kier alpha value is -2.00. The molecule has 0 radical (unpaired) electrons. The highest BCUT2D eigenvalue weighted by Gasteiger charge is 2.04. The number of carboxylic acids is 1. The number of rotatable bonds is 4. The minimum atomic E-state index is -0.916. The van der Waals surface area contributed by atoms with Crippen molar-refractivity contribution in [3.05, 3.63) is 64.2 Å². The molecular weight excluding hydrogens is 262 g/mol. The van der Waals surface area contributed by atoms with Crippen LogP contribution in [0.3, 0.4) is 0 Å². The molecule has 2 N–H and O–H groups in total. The van der Waals surface area contributed by atoms with Crippen LogP contribution in [0.2, 0.25) is 5.02 Å². The molecule has 98 valence electrons. The Morgan fingerprint density at radius 3 is 2.74 bits per heavy atom. The van der Waals surface area contributed by atoms with Gasteiger partial charge >= 0.3 is 5.97 Å². The van der Waals surface area contributed by atoms with E-state index in [1.54, 1.807) is 18.2 Å². The monoisotopic (exact) mass is 275 g/mol. The molecule has 0 aromatic heterocycles. The topological polar surface area (TPSA) is 49.3 Å². The number of hydrogen-bond acceptors (Lipinski definition) is 2. The summed E-state index contributed by atoms with van der Waals surface area (Å²) < 4.78 is 0. The number of carboxylic acid groups (broad SMARTS) is 1. The lowest BCUT2D eigenvalue weighted by atomic mass is 10.1. The lowest BCUT2D eigenvalue weighted by Crippen LogP contribution is -2.03. The van der Waals surface area contributed by atoms with Crippen molar-refractivity contribution in [2.75, 3.05) is 5.32 Å². The number of anilines is 1. The molecule has 0 aliphatic rings. The van der Waals surface area contributed by atoms with Crippen molar-refractivity contribution in [3.8, 4) is 0 Å². The SMILES string of the molecule is Cc1c(Cl)cccc1NCc1cccc(C(=O)O)c1. The van der Waals surface area contributed by atoms with Gasteiger partial charge in [0.2, 0.25) is 0 Å². The fourth-order valence-electron chi connectivity index (χ4n) is 1.81. The molecule has 4 heteroatoms. The maximum atomic E-state index is 10.9. The van der Waals surface area contributed by atoms with Gasteiger partial charge in [0, 0.05) is 17.3 Å². The minimum absolute atomic E-state index is 0.294. The number of benzene rings is 2. The van der Waals surface area contributed by atoms with Crippen LogP contribution in [-0.4, -0.2) is 11.1 Å². The maximum Gasteiger partial charge on any atom is 0.335 e. The van der Waals surface area contributed by atoms with Crippen LogP contribution in [0.5, 0.6) is 0 Å². The molecule has 0 unspecified atom stereocenters. The molecule has 0 saturated heterocycles. The molecule has 3 nitrogen and oxygen atoms in total. The second-order valence-corrected chi connectivity index (χ2v) is 4.68. The summed E-state index contributed by atoms with van der Waals surface area (Å²) in [5, 5.41) is 12.9. The van der Waals surface area contributed by atoms with Crippen molar-refractivity contribution < 1.29 is 9.90 Å². The van der Waals surface area contributed by atoms with Crippen molar-refractivity contribution in [1.29, 1.82) is 0 Å². The highest BCUT2D eigenvalue weighted by molar-refractivity contribution is 6.31. The molecule has 19 heavy (non-hydrogen) atoms. The van der Waals surface area contributed by atoms with Gasteiger partial charge in [-0.1, -0.05) is 29.8 Å². The average molecular weight is 276 g/mol. The van der Waals surface area contributed by atoms with Crippen molar-refractivity contribution in [1.82, 2.24) is 0 Å². The number of carbonyl (C=O) groups is 1. The molecule has 0 bridgehead atoms. The van der Waals surface area contributed by atoms with Crippen LogP contribution in [0.15, 0.2) is 42.5 Å². The molecule has 2 rings (SSSR count). The van der Waals surface area contributed by atoms with Crippen molar-refractivity contribution >= 4 is 23.3 Å². The number of nitrogens with one attached hydrogen (secondary N) is 1. The number of aromatic carboxylic acids is 1. The summed E-state index contributed by atoms with van der Waals surface area (Å²) >= 11 is 6.04. The van der Waals surface area contributed by atoms with E-state index in [0.29, 0.717) is 17.1 Å². The minimum Gasteiger partial charge on any atom is -0.478 e. The normalized spacial score (nSPS) is 10.2. The first-order chi connectivity index (χ1) is 9.08. The Morgan fingerprint density at radius 1 is 1.26 bits per heavy atom. The molecular formula is C15H14ClNO2. The molecule has 0 heterocycles. The van der Waals surface area contributed by atoms with Crippen molar-refractivity contribution in [2.24, 2.45) is 0 Å². The number of halogens is 1. The first kappa shape index (κ1) is 13.4. The van der Waals surface area contributed by atoms with Gasteiger partial charge in [-0.25, -0.2) is 4.79 Å². The van der Waals surface area contributed by atoms with E-state index in [1.807, 2.05) is 31.2 Å². The van der Waals surface area contributed by atoms with Gasteiger partial charge in [-0.15, -0.1) is 0 Å². The second kappa shape index (κ2) is 5.76. The third-order valence-corrected chi connectivity index (χ3v) is 3.33. The van der Waals surface area contributed by atoms with E-state index in [9.17, 15) is 4.79 Å². The van der Waals surface area contributed by atoms with Crippen LogP contribution in [0.4, 0.5) is 5.69 Å². The molecule has 2 aromatic rings. The Kier molecular flexibility index (Phi) is 4.07. The summed E-state index contributed by atoms with van der Waals surface area (Å²) in [6.07, 6.45) is 0. The predicted molar refractivity (Wildman–Crippen MR) is 76.9 cm³/mol. The first-order valence-electron chi connectivity index (χ1n) is 5.89. The van der Waals surface area contributed by atoms with Crippen LogP contribution in [-0.2, 0) is 6.54 Å². The number of hydrogen-bond donors (Lipinski definition) is 2. The highest BCUT2D eigenvalue weighted by Crippen LogP contribution is 2.23. The van der Waals surface area contributed by atoms with Crippen LogP contribution >= 0.6 is 11.6 Å². The van der Waals surface area contributed by atoms with Gasteiger partial charge in [0.25, 0.3) is 0 Å². The zero-order chi connectivity index (χ0) is 13.8. The van der Waals surface area contributed by atoms with E-state index in [4.69, 9.17) is 16.7 Å². The summed E-state index contributed by atoms with van der Waals surface area (Å²) in [7, 11) is 0. The van der Waals surface area contributed by atoms with E-state index >= 15 is 0 Å². The first-order valence-corrected chi connectivity index (χ1v) is 6.27. The molecule has 2 aromatic carbocycles. The largest absolute Gasteiger partial charge is 0.478 e. The Morgan fingerprint density at radius 2 is 2.00 bits per heavy atom. The maximum absolute atomic E-state index is 10.9. The summed E-state index contributed by atoms with van der Waals surface area (Å²) in [6.45, 7) is 2.50. The summed E-state index contributed by atoms with van der Waals surface area (Å²) in [5.41, 5.74) is 3.15. The lowest BCUT2D eigenvalue weighted by molar-refractivity contribution is 0.0697. The van der Waals surface area contributed by atoms with Gasteiger partial charge in [0.1, 0.15) is 0 Å². The highest BCUT2D eigenvalue weighted by atomic mass is 35.5. The zero-order valence-corrected chi connectivity index (χ0v) is 11.2. The molecule has 0 aliphatic carbocycles. The van der Waals surface area contributed by atoms with E-state index < -0.39 is 5.97 Å². The van der Waals surface area contributed by atoms with E-state index in [2.05, 4.69) is 5.32 Å². The Labute approximate surface area is 116 Å². The zero-order valence-electron chi connectivity index (χ0n) is 10.5. The second-order valence-electron chi connectivity index (χ2n) is 4.27. The smallest absolute Gasteiger partial charge is 0.335 e. The van der Waals surface area contributed by atoms with Gasteiger partial charge in [-0.05, 0) is 42.3 Å². The molecule has 0 aliphatic heterocycles.